The van der Waals surface area contributed by atoms with Crippen LogP contribution in [0.15, 0.2) is 102 Å². The Morgan fingerprint density at radius 3 is 2.31 bits per heavy atom. The minimum Gasteiger partial charge on any atom is -0.455 e. The third-order valence-electron chi connectivity index (χ3n) is 7.01. The summed E-state index contributed by atoms with van der Waals surface area (Å²) in [5, 5.41) is 5.69. The maximum absolute atomic E-state index is 6.56. The van der Waals surface area contributed by atoms with E-state index in [-0.39, 0.29) is 0 Å². The average Bonchev–Trinajstić information content (AvgIpc) is 3.28. The zero-order valence-corrected chi connectivity index (χ0v) is 19.5. The van der Waals surface area contributed by atoms with Crippen molar-refractivity contribution >= 4 is 43.6 Å². The SMILES string of the molecule is Cc1cnc(-c2cccc3c2oc2c4ccccc4ccc32)cc1-c1cc2cccnc2cc1C. The largest absolute Gasteiger partial charge is 0.455 e. The number of rotatable bonds is 2. The van der Waals surface area contributed by atoms with Crippen molar-refractivity contribution in [3.63, 3.8) is 0 Å². The first-order chi connectivity index (χ1) is 17.2. The molecule has 3 aromatic heterocycles. The van der Waals surface area contributed by atoms with Crippen molar-refractivity contribution in [1.29, 1.82) is 0 Å². The van der Waals surface area contributed by atoms with Crippen molar-refractivity contribution in [1.82, 2.24) is 9.97 Å². The molecule has 3 nitrogen and oxygen atoms in total. The quantitative estimate of drug-likeness (QED) is 0.265. The van der Waals surface area contributed by atoms with Crippen LogP contribution in [-0.2, 0) is 0 Å². The molecule has 0 bridgehead atoms. The van der Waals surface area contributed by atoms with Gasteiger partial charge in [0, 0.05) is 39.5 Å². The highest BCUT2D eigenvalue weighted by atomic mass is 16.3. The second kappa shape index (κ2) is 7.51. The predicted molar refractivity (Wildman–Crippen MR) is 145 cm³/mol. The molecule has 0 N–H and O–H groups in total. The van der Waals surface area contributed by atoms with E-state index >= 15 is 0 Å². The third kappa shape index (κ3) is 3.05. The highest BCUT2D eigenvalue weighted by Crippen LogP contribution is 2.39. The lowest BCUT2D eigenvalue weighted by atomic mass is 9.94. The number of benzene rings is 4. The monoisotopic (exact) mass is 450 g/mol. The van der Waals surface area contributed by atoms with Gasteiger partial charge < -0.3 is 4.42 Å². The molecule has 0 amide bonds. The van der Waals surface area contributed by atoms with Gasteiger partial charge in [0.2, 0.25) is 0 Å². The molecule has 0 aliphatic rings. The Morgan fingerprint density at radius 2 is 1.37 bits per heavy atom. The van der Waals surface area contributed by atoms with Gasteiger partial charge in [0.25, 0.3) is 0 Å². The molecular formula is C32H22N2O. The first-order valence-electron chi connectivity index (χ1n) is 11.8. The van der Waals surface area contributed by atoms with E-state index in [0.717, 1.165) is 55.0 Å². The lowest BCUT2D eigenvalue weighted by Gasteiger charge is -2.13. The highest BCUT2D eigenvalue weighted by Gasteiger charge is 2.16. The average molecular weight is 451 g/mol. The molecule has 0 atom stereocenters. The number of hydrogen-bond acceptors (Lipinski definition) is 3. The molecule has 166 valence electrons. The summed E-state index contributed by atoms with van der Waals surface area (Å²) in [5.74, 6) is 0. The Kier molecular flexibility index (Phi) is 4.27. The zero-order chi connectivity index (χ0) is 23.5. The highest BCUT2D eigenvalue weighted by molar-refractivity contribution is 6.17. The van der Waals surface area contributed by atoms with Gasteiger partial charge in [-0.25, -0.2) is 0 Å². The molecule has 0 saturated heterocycles. The predicted octanol–water partition coefficient (Wildman–Crippen LogP) is 8.63. The second-order valence-corrected chi connectivity index (χ2v) is 9.20. The molecule has 0 aliphatic carbocycles. The third-order valence-corrected chi connectivity index (χ3v) is 7.01. The van der Waals surface area contributed by atoms with Crippen LogP contribution in [-0.4, -0.2) is 9.97 Å². The summed E-state index contributed by atoms with van der Waals surface area (Å²) >= 11 is 0. The van der Waals surface area contributed by atoms with Crippen molar-refractivity contribution in [3.05, 3.63) is 108 Å². The summed E-state index contributed by atoms with van der Waals surface area (Å²) in [6.45, 7) is 4.26. The first-order valence-corrected chi connectivity index (χ1v) is 11.8. The number of fused-ring (bicyclic) bond motifs is 6. The van der Waals surface area contributed by atoms with Crippen molar-refractivity contribution in [2.75, 3.05) is 0 Å². The lowest BCUT2D eigenvalue weighted by molar-refractivity contribution is 0.673. The number of aryl methyl sites for hydroxylation is 2. The maximum atomic E-state index is 6.56. The number of hydrogen-bond donors (Lipinski definition) is 0. The number of para-hydroxylation sites is 1. The van der Waals surface area contributed by atoms with Crippen LogP contribution in [0.5, 0.6) is 0 Å². The van der Waals surface area contributed by atoms with Gasteiger partial charge in [0.1, 0.15) is 11.2 Å². The maximum Gasteiger partial charge on any atom is 0.144 e. The van der Waals surface area contributed by atoms with E-state index in [9.17, 15) is 0 Å². The molecule has 7 aromatic rings. The Balaban J connectivity index is 1.47. The van der Waals surface area contributed by atoms with E-state index in [0.29, 0.717) is 0 Å². The van der Waals surface area contributed by atoms with Crippen molar-refractivity contribution in [3.8, 4) is 22.4 Å². The van der Waals surface area contributed by atoms with Crippen molar-refractivity contribution < 1.29 is 4.42 Å². The Labute approximate surface area is 202 Å². The van der Waals surface area contributed by atoms with Crippen LogP contribution in [0.25, 0.3) is 66.0 Å². The molecule has 0 saturated carbocycles. The van der Waals surface area contributed by atoms with Crippen LogP contribution in [0, 0.1) is 13.8 Å². The molecule has 3 heteroatoms. The normalized spacial score (nSPS) is 11.7. The second-order valence-electron chi connectivity index (χ2n) is 9.20. The van der Waals surface area contributed by atoms with Crippen LogP contribution in [0.2, 0.25) is 0 Å². The smallest absolute Gasteiger partial charge is 0.144 e. The minimum atomic E-state index is 0.876. The van der Waals surface area contributed by atoms with E-state index in [2.05, 4.69) is 97.7 Å². The van der Waals surface area contributed by atoms with Gasteiger partial charge >= 0.3 is 0 Å². The standard InChI is InChI=1S/C32H22N2O/c1-19-15-29-22(8-6-14-33-29)16-27(19)28-17-30(34-18-20(28)2)26-11-5-10-24-25-13-12-21-7-3-4-9-23(21)31(25)35-32(24)26/h3-18H,1-2H3. The van der Waals surface area contributed by atoms with Crippen LogP contribution in [0.3, 0.4) is 0 Å². The zero-order valence-electron chi connectivity index (χ0n) is 19.5. The summed E-state index contributed by atoms with van der Waals surface area (Å²) < 4.78 is 6.56. The molecule has 0 unspecified atom stereocenters. The van der Waals surface area contributed by atoms with Gasteiger partial charge in [-0.15, -0.1) is 0 Å². The summed E-state index contributed by atoms with van der Waals surface area (Å²) in [5.41, 5.74) is 9.45. The Morgan fingerprint density at radius 1 is 0.571 bits per heavy atom. The van der Waals surface area contributed by atoms with E-state index in [1.54, 1.807) is 0 Å². The number of pyridine rings is 2. The lowest BCUT2D eigenvalue weighted by Crippen LogP contribution is -1.93. The number of aromatic nitrogens is 2. The van der Waals surface area contributed by atoms with E-state index in [1.165, 1.54) is 22.1 Å². The fourth-order valence-corrected chi connectivity index (χ4v) is 5.20. The fourth-order valence-electron chi connectivity index (χ4n) is 5.20. The van der Waals surface area contributed by atoms with Gasteiger partial charge in [-0.2, -0.15) is 0 Å². The van der Waals surface area contributed by atoms with Gasteiger partial charge in [0.05, 0.1) is 11.2 Å². The van der Waals surface area contributed by atoms with Crippen molar-refractivity contribution in [2.24, 2.45) is 0 Å². The van der Waals surface area contributed by atoms with Crippen molar-refractivity contribution in [2.45, 2.75) is 13.8 Å². The van der Waals surface area contributed by atoms with Gasteiger partial charge in [-0.1, -0.05) is 48.5 Å². The molecular weight excluding hydrogens is 428 g/mol. The summed E-state index contributed by atoms with van der Waals surface area (Å²) in [6, 6.07) is 29.7. The van der Waals surface area contributed by atoms with Crippen LogP contribution >= 0.6 is 0 Å². The molecule has 0 radical (unpaired) electrons. The number of furan rings is 1. The molecule has 4 aromatic carbocycles. The molecule has 0 aliphatic heterocycles. The minimum absolute atomic E-state index is 0.876. The van der Waals surface area contributed by atoms with E-state index in [4.69, 9.17) is 9.40 Å². The molecule has 0 fully saturated rings. The topological polar surface area (TPSA) is 38.9 Å². The Bertz CT molecular complexity index is 1930. The summed E-state index contributed by atoms with van der Waals surface area (Å²) in [7, 11) is 0. The summed E-state index contributed by atoms with van der Waals surface area (Å²) in [6.07, 6.45) is 3.81. The van der Waals surface area contributed by atoms with Crippen LogP contribution < -0.4 is 0 Å². The van der Waals surface area contributed by atoms with Gasteiger partial charge in [-0.3, -0.25) is 9.97 Å². The van der Waals surface area contributed by atoms with E-state index < -0.39 is 0 Å². The molecule has 35 heavy (non-hydrogen) atoms. The van der Waals surface area contributed by atoms with Gasteiger partial charge in [-0.05, 0) is 77.9 Å². The molecule has 7 rings (SSSR count). The van der Waals surface area contributed by atoms with Crippen LogP contribution in [0.1, 0.15) is 11.1 Å². The molecule has 3 heterocycles. The fraction of sp³-hybridized carbons (Fsp3) is 0.0625. The van der Waals surface area contributed by atoms with Gasteiger partial charge in [0.15, 0.2) is 0 Å². The summed E-state index contributed by atoms with van der Waals surface area (Å²) in [4.78, 5) is 9.35. The molecule has 0 spiro atoms. The number of nitrogens with zero attached hydrogens (tertiary/aromatic N) is 2. The Hall–Kier alpha value is -4.50. The van der Waals surface area contributed by atoms with E-state index in [1.807, 2.05) is 18.5 Å². The van der Waals surface area contributed by atoms with Crippen LogP contribution in [0.4, 0.5) is 0 Å². The first kappa shape index (κ1) is 19.9.